The zero-order chi connectivity index (χ0) is 8.81. The number of hydrogen-bond donors (Lipinski definition) is 0. The van der Waals surface area contributed by atoms with Gasteiger partial charge in [0.25, 0.3) is 0 Å². The van der Waals surface area contributed by atoms with Crippen LogP contribution in [-0.4, -0.2) is 15.0 Å². The Hall–Kier alpha value is -0.261. The molecule has 1 aromatic carbocycles. The Balaban J connectivity index is 2.37. The zero-order valence-corrected chi connectivity index (χ0v) is 9.55. The first-order valence-electron chi connectivity index (χ1n) is 4.46. The van der Waals surface area contributed by atoms with Crippen LogP contribution in [0, 0.1) is 6.92 Å². The molecular weight excluding hydrogens is 211 g/mol. The molecule has 0 nitrogen and oxygen atoms in total. The molecule has 0 aliphatic rings. The van der Waals surface area contributed by atoms with Crippen molar-refractivity contribution in [3.05, 3.63) is 35.4 Å². The summed E-state index contributed by atoms with van der Waals surface area (Å²) in [4.78, 5) is 0. The van der Waals surface area contributed by atoms with E-state index in [2.05, 4.69) is 38.1 Å². The molecule has 0 N–H and O–H groups in total. The maximum absolute atomic E-state index is 2.26. The van der Waals surface area contributed by atoms with Crippen molar-refractivity contribution in [3.8, 4) is 0 Å². The average Bonchev–Trinajstić information content (AvgIpc) is 2.09. The molecule has 0 atom stereocenters. The Bertz CT molecular complexity index is 213. The molecule has 0 radical (unpaired) electrons. The van der Waals surface area contributed by atoms with Gasteiger partial charge >= 0.3 is 81.3 Å². The molecule has 66 valence electrons. The molecular formula is C11H16Se. The van der Waals surface area contributed by atoms with Crippen LogP contribution in [0.3, 0.4) is 0 Å². The van der Waals surface area contributed by atoms with Gasteiger partial charge in [0.05, 0.1) is 0 Å². The molecule has 0 saturated heterocycles. The van der Waals surface area contributed by atoms with Crippen LogP contribution >= 0.6 is 0 Å². The van der Waals surface area contributed by atoms with Gasteiger partial charge in [0, 0.05) is 0 Å². The van der Waals surface area contributed by atoms with Crippen LogP contribution in [0.15, 0.2) is 24.3 Å². The SMILES string of the molecule is CCC[Se]Cc1ccc(C)cc1. The summed E-state index contributed by atoms with van der Waals surface area (Å²) < 4.78 is 0. The van der Waals surface area contributed by atoms with Crippen molar-refractivity contribution < 1.29 is 0 Å². The second kappa shape index (κ2) is 5.40. The Labute approximate surface area is 81.5 Å². The molecule has 0 aliphatic carbocycles. The summed E-state index contributed by atoms with van der Waals surface area (Å²) in [7, 11) is 0. The molecule has 1 heteroatoms. The molecule has 0 unspecified atom stereocenters. The summed E-state index contributed by atoms with van der Waals surface area (Å²) in [5.74, 6) is 0. The van der Waals surface area contributed by atoms with Crippen molar-refractivity contribution in [3.63, 3.8) is 0 Å². The first-order valence-corrected chi connectivity index (χ1v) is 6.88. The van der Waals surface area contributed by atoms with E-state index in [0.717, 1.165) is 15.0 Å². The third-order valence-electron chi connectivity index (χ3n) is 1.74. The Morgan fingerprint density at radius 2 is 1.83 bits per heavy atom. The topological polar surface area (TPSA) is 0 Å². The minimum absolute atomic E-state index is 0.823. The summed E-state index contributed by atoms with van der Waals surface area (Å²) in [5.41, 5.74) is 2.87. The summed E-state index contributed by atoms with van der Waals surface area (Å²) in [6, 6.07) is 8.92. The second-order valence-corrected chi connectivity index (χ2v) is 5.36. The quantitative estimate of drug-likeness (QED) is 0.548. The van der Waals surface area contributed by atoms with Crippen LogP contribution < -0.4 is 0 Å². The Morgan fingerprint density at radius 3 is 2.42 bits per heavy atom. The molecule has 1 rings (SSSR count). The zero-order valence-electron chi connectivity index (χ0n) is 7.84. The molecule has 0 saturated carbocycles. The van der Waals surface area contributed by atoms with Crippen LogP contribution in [0.25, 0.3) is 0 Å². The summed E-state index contributed by atoms with van der Waals surface area (Å²) in [6.45, 7) is 4.40. The fourth-order valence-electron chi connectivity index (χ4n) is 1.02. The summed E-state index contributed by atoms with van der Waals surface area (Å²) in [5, 5.41) is 2.72. The number of benzene rings is 1. The van der Waals surface area contributed by atoms with Gasteiger partial charge in [0.15, 0.2) is 0 Å². The van der Waals surface area contributed by atoms with Crippen LogP contribution in [0.5, 0.6) is 0 Å². The van der Waals surface area contributed by atoms with E-state index in [0.29, 0.717) is 0 Å². The van der Waals surface area contributed by atoms with E-state index >= 15 is 0 Å². The number of aryl methyl sites for hydroxylation is 1. The fourth-order valence-corrected chi connectivity index (χ4v) is 2.83. The van der Waals surface area contributed by atoms with Gasteiger partial charge in [-0.1, -0.05) is 0 Å². The van der Waals surface area contributed by atoms with Gasteiger partial charge in [-0.25, -0.2) is 0 Å². The van der Waals surface area contributed by atoms with E-state index in [1.807, 2.05) is 0 Å². The molecule has 0 heterocycles. The average molecular weight is 227 g/mol. The summed E-state index contributed by atoms with van der Waals surface area (Å²) in [6.07, 6.45) is 1.34. The number of hydrogen-bond acceptors (Lipinski definition) is 0. The van der Waals surface area contributed by atoms with E-state index in [1.54, 1.807) is 0 Å². The standard InChI is InChI=1S/C11H16Se/c1-3-8-12-9-11-6-4-10(2)5-7-11/h4-7H,3,8-9H2,1-2H3. The van der Waals surface area contributed by atoms with E-state index < -0.39 is 0 Å². The van der Waals surface area contributed by atoms with Crippen molar-refractivity contribution in [1.82, 2.24) is 0 Å². The maximum atomic E-state index is 2.26. The third-order valence-corrected chi connectivity index (χ3v) is 4.33. The molecule has 0 amide bonds. The first-order chi connectivity index (χ1) is 5.83. The van der Waals surface area contributed by atoms with Crippen molar-refractivity contribution in [2.45, 2.75) is 30.9 Å². The van der Waals surface area contributed by atoms with Crippen LogP contribution in [-0.2, 0) is 5.32 Å². The van der Waals surface area contributed by atoms with Gasteiger partial charge in [-0.15, -0.1) is 0 Å². The van der Waals surface area contributed by atoms with Gasteiger partial charge in [-0.2, -0.15) is 0 Å². The fraction of sp³-hybridized carbons (Fsp3) is 0.455. The first kappa shape index (κ1) is 9.82. The van der Waals surface area contributed by atoms with Gasteiger partial charge in [0.1, 0.15) is 0 Å². The predicted molar refractivity (Wildman–Crippen MR) is 55.7 cm³/mol. The Morgan fingerprint density at radius 1 is 1.17 bits per heavy atom. The summed E-state index contributed by atoms with van der Waals surface area (Å²) >= 11 is 0.823. The molecule has 0 bridgehead atoms. The van der Waals surface area contributed by atoms with Crippen LogP contribution in [0.2, 0.25) is 5.32 Å². The molecule has 0 spiro atoms. The van der Waals surface area contributed by atoms with Crippen molar-refractivity contribution >= 4 is 15.0 Å². The predicted octanol–water partition coefficient (Wildman–Crippen LogP) is 3.03. The van der Waals surface area contributed by atoms with E-state index in [4.69, 9.17) is 0 Å². The van der Waals surface area contributed by atoms with Gasteiger partial charge in [-0.05, 0) is 0 Å². The van der Waals surface area contributed by atoms with Crippen LogP contribution in [0.4, 0.5) is 0 Å². The van der Waals surface area contributed by atoms with Crippen molar-refractivity contribution in [1.29, 1.82) is 0 Å². The molecule has 1 aromatic rings. The minimum atomic E-state index is 0.823. The van der Waals surface area contributed by atoms with Crippen molar-refractivity contribution in [2.75, 3.05) is 0 Å². The van der Waals surface area contributed by atoms with E-state index in [1.165, 1.54) is 28.2 Å². The molecule has 0 aliphatic heterocycles. The molecule has 0 fully saturated rings. The molecule has 0 aromatic heterocycles. The number of rotatable bonds is 4. The van der Waals surface area contributed by atoms with Crippen LogP contribution in [0.1, 0.15) is 24.5 Å². The van der Waals surface area contributed by atoms with Gasteiger partial charge in [0.2, 0.25) is 0 Å². The normalized spacial score (nSPS) is 10.2. The van der Waals surface area contributed by atoms with Crippen molar-refractivity contribution in [2.24, 2.45) is 0 Å². The molecule has 12 heavy (non-hydrogen) atoms. The van der Waals surface area contributed by atoms with E-state index in [9.17, 15) is 0 Å². The van der Waals surface area contributed by atoms with Gasteiger partial charge < -0.3 is 0 Å². The third kappa shape index (κ3) is 3.42. The van der Waals surface area contributed by atoms with E-state index in [-0.39, 0.29) is 0 Å². The second-order valence-electron chi connectivity index (χ2n) is 3.04. The monoisotopic (exact) mass is 228 g/mol. The Kier molecular flexibility index (Phi) is 4.42. The van der Waals surface area contributed by atoms with Gasteiger partial charge in [-0.3, -0.25) is 0 Å².